The van der Waals surface area contributed by atoms with E-state index in [-0.39, 0.29) is 43.6 Å². The average Bonchev–Trinajstić information content (AvgIpc) is 2.60. The number of nitrogens with one attached hydrogen (secondary N) is 3. The molecule has 9 heteroatoms. The molecule has 1 aromatic carbocycles. The van der Waals surface area contributed by atoms with E-state index in [2.05, 4.69) is 16.0 Å². The molecule has 0 unspecified atom stereocenters. The van der Waals surface area contributed by atoms with E-state index in [4.69, 9.17) is 0 Å². The molecule has 0 saturated carbocycles. The van der Waals surface area contributed by atoms with Crippen LogP contribution < -0.4 is 16.0 Å². The Morgan fingerprint density at radius 3 is 2.19 bits per heavy atom. The highest BCUT2D eigenvalue weighted by Crippen LogP contribution is 2.28. The highest BCUT2D eigenvalue weighted by molar-refractivity contribution is 7.92. The van der Waals surface area contributed by atoms with Crippen LogP contribution in [0.5, 0.6) is 0 Å². The molecule has 1 aliphatic heterocycles. The topological polar surface area (TPSA) is 104 Å². The van der Waals surface area contributed by atoms with Crippen LogP contribution in [0.15, 0.2) is 24.3 Å². The normalized spacial score (nSPS) is 16.3. The van der Waals surface area contributed by atoms with Gasteiger partial charge in [0.1, 0.15) is 0 Å². The van der Waals surface area contributed by atoms with Crippen molar-refractivity contribution in [1.29, 1.82) is 0 Å². The number of benzene rings is 1. The second-order valence-corrected chi connectivity index (χ2v) is 9.37. The van der Waals surface area contributed by atoms with Gasteiger partial charge in [-0.3, -0.25) is 9.59 Å². The smallest absolute Gasteiger partial charge is 0.241 e. The van der Waals surface area contributed by atoms with Gasteiger partial charge < -0.3 is 16.0 Å². The fourth-order valence-corrected chi connectivity index (χ4v) is 4.29. The van der Waals surface area contributed by atoms with E-state index < -0.39 is 20.5 Å². The molecule has 1 heterocycles. The van der Waals surface area contributed by atoms with E-state index in [0.717, 1.165) is 11.8 Å². The van der Waals surface area contributed by atoms with Crippen LogP contribution in [0, 0.1) is 5.92 Å². The Bertz CT molecular complexity index is 757. The van der Waals surface area contributed by atoms with E-state index >= 15 is 0 Å². The molecule has 1 aromatic rings. The van der Waals surface area contributed by atoms with Crippen molar-refractivity contribution in [1.82, 2.24) is 10.6 Å². The van der Waals surface area contributed by atoms with Gasteiger partial charge >= 0.3 is 0 Å². The van der Waals surface area contributed by atoms with E-state index in [9.17, 15) is 18.0 Å². The third-order valence-electron chi connectivity index (χ3n) is 4.73. The monoisotopic (exact) mass is 417 g/mol. The molecule has 0 aliphatic carbocycles. The summed E-state index contributed by atoms with van der Waals surface area (Å²) in [5.41, 5.74) is 1.52. The first-order valence-electron chi connectivity index (χ1n) is 8.74. The van der Waals surface area contributed by atoms with Crippen molar-refractivity contribution in [2.45, 2.75) is 38.0 Å². The molecule has 0 radical (unpaired) electrons. The number of anilines is 1. The second-order valence-electron chi connectivity index (χ2n) is 7.04. The molecule has 152 valence electrons. The minimum Gasteiger partial charge on any atom is -0.351 e. The Kier molecular flexibility index (Phi) is 8.25. The summed E-state index contributed by atoms with van der Waals surface area (Å²) in [5.74, 6) is -0.614. The average molecular weight is 418 g/mol. The van der Waals surface area contributed by atoms with Crippen molar-refractivity contribution < 1.29 is 18.0 Å². The first-order chi connectivity index (χ1) is 12.2. The lowest BCUT2D eigenvalue weighted by atomic mass is 9.95. The molecule has 2 rings (SSSR count). The van der Waals surface area contributed by atoms with E-state index in [1.54, 1.807) is 24.3 Å². The van der Waals surface area contributed by atoms with Crippen molar-refractivity contribution in [2.24, 2.45) is 5.92 Å². The molecular weight excluding hydrogens is 390 g/mol. The molecule has 1 saturated heterocycles. The fraction of sp³-hybridized carbons (Fsp3) is 0.556. The lowest BCUT2D eigenvalue weighted by Gasteiger charge is -2.34. The number of halogens is 1. The van der Waals surface area contributed by atoms with Crippen molar-refractivity contribution in [3.05, 3.63) is 29.8 Å². The Morgan fingerprint density at radius 2 is 1.70 bits per heavy atom. The minimum absolute atomic E-state index is 0. The number of piperidine rings is 1. The highest BCUT2D eigenvalue weighted by atomic mass is 35.5. The van der Waals surface area contributed by atoms with Crippen LogP contribution in [0.2, 0.25) is 0 Å². The van der Waals surface area contributed by atoms with Crippen molar-refractivity contribution >= 4 is 39.7 Å². The van der Waals surface area contributed by atoms with Gasteiger partial charge in [-0.15, -0.1) is 12.4 Å². The van der Waals surface area contributed by atoms with Gasteiger partial charge in [-0.25, -0.2) is 8.42 Å². The summed E-state index contributed by atoms with van der Waals surface area (Å²) in [4.78, 5) is 24.3. The highest BCUT2D eigenvalue weighted by Gasteiger charge is 2.48. The summed E-state index contributed by atoms with van der Waals surface area (Å²) < 4.78 is 23.1. The Balaban J connectivity index is 0.00000364. The molecule has 0 atom stereocenters. The first kappa shape index (κ1) is 23.4. The molecule has 2 amide bonds. The van der Waals surface area contributed by atoms with Gasteiger partial charge in [0.2, 0.25) is 11.8 Å². The summed E-state index contributed by atoms with van der Waals surface area (Å²) in [7, 11) is -3.52. The Labute approximate surface area is 167 Å². The summed E-state index contributed by atoms with van der Waals surface area (Å²) in [6.45, 7) is 4.88. The number of amides is 2. The predicted molar refractivity (Wildman–Crippen MR) is 109 cm³/mol. The third kappa shape index (κ3) is 5.67. The number of sulfone groups is 1. The second kappa shape index (κ2) is 9.52. The zero-order chi connectivity index (χ0) is 19.4. The number of carbonyl (C=O) groups excluding carboxylic acids is 2. The van der Waals surface area contributed by atoms with Crippen molar-refractivity contribution in [2.75, 3.05) is 24.7 Å². The van der Waals surface area contributed by atoms with Crippen LogP contribution in [-0.2, 0) is 26.0 Å². The van der Waals surface area contributed by atoms with Gasteiger partial charge in [-0.2, -0.15) is 0 Å². The standard InChI is InChI=1S/C18H27N3O4S.ClH/c1-13(2)16(22)21-15-6-4-14(5-7-15)12-20-17(23)18(26(3,24)25)8-10-19-11-9-18;/h4-7,13,19H,8-12H2,1-3H3,(H,20,23)(H,21,22);1H. The SMILES string of the molecule is CC(C)C(=O)Nc1ccc(CNC(=O)C2(S(C)(=O)=O)CCNCC2)cc1.Cl. The van der Waals surface area contributed by atoms with Crippen LogP contribution in [0.1, 0.15) is 32.3 Å². The number of hydrogen-bond acceptors (Lipinski definition) is 5. The molecule has 7 nitrogen and oxygen atoms in total. The largest absolute Gasteiger partial charge is 0.351 e. The third-order valence-corrected chi connectivity index (χ3v) is 6.75. The van der Waals surface area contributed by atoms with Crippen LogP contribution in [-0.4, -0.2) is 44.3 Å². The summed E-state index contributed by atoms with van der Waals surface area (Å²) in [6.07, 6.45) is 1.68. The lowest BCUT2D eigenvalue weighted by molar-refractivity contribution is -0.124. The maximum atomic E-state index is 12.7. The Morgan fingerprint density at radius 1 is 1.15 bits per heavy atom. The molecule has 1 fully saturated rings. The zero-order valence-corrected chi connectivity index (χ0v) is 17.5. The minimum atomic E-state index is -3.52. The fourth-order valence-electron chi connectivity index (χ4n) is 2.93. The van der Waals surface area contributed by atoms with Crippen LogP contribution in [0.25, 0.3) is 0 Å². The maximum absolute atomic E-state index is 12.7. The number of carbonyl (C=O) groups is 2. The molecule has 0 aromatic heterocycles. The molecule has 3 N–H and O–H groups in total. The molecule has 1 aliphatic rings. The Hall–Kier alpha value is -1.64. The molecular formula is C18H28ClN3O4S. The van der Waals surface area contributed by atoms with Crippen LogP contribution in [0.3, 0.4) is 0 Å². The van der Waals surface area contributed by atoms with Gasteiger partial charge in [-0.05, 0) is 43.6 Å². The van der Waals surface area contributed by atoms with Gasteiger partial charge in [0.25, 0.3) is 0 Å². The lowest BCUT2D eigenvalue weighted by Crippen LogP contribution is -2.57. The number of rotatable bonds is 6. The van der Waals surface area contributed by atoms with E-state index in [0.29, 0.717) is 18.8 Å². The van der Waals surface area contributed by atoms with E-state index in [1.807, 2.05) is 13.8 Å². The summed E-state index contributed by atoms with van der Waals surface area (Å²) in [6, 6.07) is 7.12. The van der Waals surface area contributed by atoms with Gasteiger partial charge in [0.05, 0.1) is 0 Å². The van der Waals surface area contributed by atoms with Crippen molar-refractivity contribution in [3.63, 3.8) is 0 Å². The van der Waals surface area contributed by atoms with Crippen LogP contribution in [0.4, 0.5) is 5.69 Å². The number of hydrogen-bond donors (Lipinski definition) is 3. The van der Waals surface area contributed by atoms with E-state index in [1.165, 1.54) is 0 Å². The zero-order valence-electron chi connectivity index (χ0n) is 15.9. The summed E-state index contributed by atoms with van der Waals surface area (Å²) in [5, 5.41) is 8.65. The maximum Gasteiger partial charge on any atom is 0.241 e. The van der Waals surface area contributed by atoms with Gasteiger partial charge in [0.15, 0.2) is 14.6 Å². The van der Waals surface area contributed by atoms with Crippen molar-refractivity contribution in [3.8, 4) is 0 Å². The van der Waals surface area contributed by atoms with Crippen LogP contribution >= 0.6 is 12.4 Å². The quantitative estimate of drug-likeness (QED) is 0.650. The summed E-state index contributed by atoms with van der Waals surface area (Å²) >= 11 is 0. The molecule has 27 heavy (non-hydrogen) atoms. The van der Waals surface area contributed by atoms with Gasteiger partial charge in [0, 0.05) is 24.4 Å². The first-order valence-corrected chi connectivity index (χ1v) is 10.6. The van der Waals surface area contributed by atoms with Gasteiger partial charge in [-0.1, -0.05) is 26.0 Å². The predicted octanol–water partition coefficient (Wildman–Crippen LogP) is 1.49. The molecule has 0 spiro atoms. The molecule has 0 bridgehead atoms.